The first-order valence-electron chi connectivity index (χ1n) is 7.31. The van der Waals surface area contributed by atoms with Gasteiger partial charge in [-0.3, -0.25) is 0 Å². The van der Waals surface area contributed by atoms with E-state index in [1.165, 1.54) is 28.6 Å². The van der Waals surface area contributed by atoms with Gasteiger partial charge in [0.1, 0.15) is 22.2 Å². The van der Waals surface area contributed by atoms with Gasteiger partial charge in [0.25, 0.3) is 0 Å². The Hall–Kier alpha value is -1.70. The molecule has 2 atom stereocenters. The average molecular weight is 339 g/mol. The molecule has 0 bridgehead atoms. The van der Waals surface area contributed by atoms with Crippen LogP contribution in [0.15, 0.2) is 39.6 Å². The minimum absolute atomic E-state index is 0.0207. The summed E-state index contributed by atoms with van der Waals surface area (Å²) in [7, 11) is -3.83. The Morgan fingerprint density at radius 2 is 2.04 bits per heavy atom. The van der Waals surface area contributed by atoms with E-state index in [1.807, 2.05) is 0 Å². The van der Waals surface area contributed by atoms with E-state index in [4.69, 9.17) is 4.42 Å². The summed E-state index contributed by atoms with van der Waals surface area (Å²) in [6.07, 6.45) is -0.551. The van der Waals surface area contributed by atoms with E-state index in [0.29, 0.717) is 17.1 Å². The molecule has 1 fully saturated rings. The summed E-state index contributed by atoms with van der Waals surface area (Å²) in [5.74, 6) is 0.376. The normalized spacial score (nSPS) is 22.6. The Labute approximate surface area is 134 Å². The highest BCUT2D eigenvalue weighted by atomic mass is 32.2. The van der Waals surface area contributed by atoms with Crippen molar-refractivity contribution in [1.29, 1.82) is 0 Å². The molecule has 124 valence electrons. The fraction of sp³-hybridized carbons (Fsp3) is 0.375. The maximum atomic E-state index is 13.5. The summed E-state index contributed by atoms with van der Waals surface area (Å²) in [5.41, 5.74) is 0.531. The van der Waals surface area contributed by atoms with Crippen LogP contribution in [0.3, 0.4) is 0 Å². The van der Waals surface area contributed by atoms with Crippen LogP contribution in [0.4, 0.5) is 4.39 Å². The lowest BCUT2D eigenvalue weighted by Crippen LogP contribution is -2.32. The number of aliphatic hydroxyl groups is 1. The minimum Gasteiger partial charge on any atom is -0.465 e. The van der Waals surface area contributed by atoms with Crippen molar-refractivity contribution in [1.82, 2.24) is 4.31 Å². The largest absolute Gasteiger partial charge is 0.465 e. The standard InChI is InChI=1S/C16H18FNO4S/c1-10-6-16(11(2)22-10)23(20,21)18-9-14(19)8-15(18)12-4-3-5-13(17)7-12/h3-7,14-15,19H,8-9H2,1-2H3/t14-,15+/m1/s1. The van der Waals surface area contributed by atoms with Crippen molar-refractivity contribution in [2.45, 2.75) is 37.3 Å². The number of aryl methyl sites for hydroxylation is 2. The van der Waals surface area contributed by atoms with Crippen LogP contribution in [-0.2, 0) is 10.0 Å². The van der Waals surface area contributed by atoms with Crippen LogP contribution in [0, 0.1) is 19.7 Å². The molecule has 0 spiro atoms. The van der Waals surface area contributed by atoms with Crippen LogP contribution in [0.25, 0.3) is 0 Å². The van der Waals surface area contributed by atoms with E-state index in [0.717, 1.165) is 0 Å². The monoisotopic (exact) mass is 339 g/mol. The molecule has 0 amide bonds. The summed E-state index contributed by atoms with van der Waals surface area (Å²) in [6.45, 7) is 3.24. The van der Waals surface area contributed by atoms with Gasteiger partial charge in [0.05, 0.1) is 12.1 Å². The Morgan fingerprint density at radius 1 is 1.30 bits per heavy atom. The van der Waals surface area contributed by atoms with Gasteiger partial charge in [-0.2, -0.15) is 4.31 Å². The van der Waals surface area contributed by atoms with Gasteiger partial charge in [-0.25, -0.2) is 12.8 Å². The van der Waals surface area contributed by atoms with Crippen LogP contribution in [0.5, 0.6) is 0 Å². The molecule has 23 heavy (non-hydrogen) atoms. The van der Waals surface area contributed by atoms with Crippen molar-refractivity contribution in [3.8, 4) is 0 Å². The maximum Gasteiger partial charge on any atom is 0.247 e. The van der Waals surface area contributed by atoms with Gasteiger partial charge < -0.3 is 9.52 Å². The van der Waals surface area contributed by atoms with Crippen molar-refractivity contribution in [2.75, 3.05) is 6.54 Å². The van der Waals surface area contributed by atoms with Crippen molar-refractivity contribution in [3.63, 3.8) is 0 Å². The smallest absolute Gasteiger partial charge is 0.247 e. The number of hydrogen-bond acceptors (Lipinski definition) is 4. The first kappa shape index (κ1) is 16.2. The topological polar surface area (TPSA) is 70.8 Å². The Bertz CT molecular complexity index is 830. The van der Waals surface area contributed by atoms with Gasteiger partial charge in [-0.1, -0.05) is 12.1 Å². The molecule has 0 radical (unpaired) electrons. The SMILES string of the molecule is Cc1cc(S(=O)(=O)N2C[C@H](O)C[C@H]2c2cccc(F)c2)c(C)o1. The van der Waals surface area contributed by atoms with Crippen molar-refractivity contribution in [3.05, 3.63) is 53.2 Å². The molecule has 2 heterocycles. The number of β-amino-alcohol motifs (C(OH)–C–C–N with tert-alkyl or cyclic N) is 1. The second-order valence-electron chi connectivity index (χ2n) is 5.81. The number of rotatable bonds is 3. The first-order chi connectivity index (χ1) is 10.8. The highest BCUT2D eigenvalue weighted by Crippen LogP contribution is 2.38. The molecular weight excluding hydrogens is 321 g/mol. The molecule has 0 aliphatic carbocycles. The van der Waals surface area contributed by atoms with Crippen molar-refractivity contribution >= 4 is 10.0 Å². The highest BCUT2D eigenvalue weighted by molar-refractivity contribution is 7.89. The zero-order valence-corrected chi connectivity index (χ0v) is 13.7. The van der Waals surface area contributed by atoms with Gasteiger partial charge in [0.2, 0.25) is 10.0 Å². The third-order valence-electron chi connectivity index (χ3n) is 4.05. The minimum atomic E-state index is -3.83. The number of benzene rings is 1. The van der Waals surface area contributed by atoms with Gasteiger partial charge in [-0.05, 0) is 44.0 Å². The number of hydrogen-bond donors (Lipinski definition) is 1. The molecule has 1 N–H and O–H groups in total. The third-order valence-corrected chi connectivity index (χ3v) is 6.03. The van der Waals surface area contributed by atoms with Gasteiger partial charge in [0, 0.05) is 6.54 Å². The van der Waals surface area contributed by atoms with Crippen LogP contribution in [0.2, 0.25) is 0 Å². The van der Waals surface area contributed by atoms with E-state index in [9.17, 15) is 17.9 Å². The fourth-order valence-corrected chi connectivity index (χ4v) is 4.94. The van der Waals surface area contributed by atoms with Crippen molar-refractivity contribution < 1.29 is 22.3 Å². The highest BCUT2D eigenvalue weighted by Gasteiger charge is 2.41. The van der Waals surface area contributed by atoms with Gasteiger partial charge >= 0.3 is 0 Å². The van der Waals surface area contributed by atoms with Crippen LogP contribution < -0.4 is 0 Å². The molecule has 1 aromatic heterocycles. The Balaban J connectivity index is 2.04. The third kappa shape index (κ3) is 2.91. The van der Waals surface area contributed by atoms with Gasteiger partial charge in [-0.15, -0.1) is 0 Å². The molecule has 3 rings (SSSR count). The maximum absolute atomic E-state index is 13.5. The number of sulfonamides is 1. The molecule has 2 aromatic rings. The lowest BCUT2D eigenvalue weighted by Gasteiger charge is -2.23. The molecule has 7 heteroatoms. The summed E-state index contributed by atoms with van der Waals surface area (Å²) < 4.78 is 45.9. The predicted octanol–water partition coefficient (Wildman–Crippen LogP) is 2.53. The number of furan rings is 1. The molecule has 0 unspecified atom stereocenters. The molecule has 5 nitrogen and oxygen atoms in total. The Kier molecular flexibility index (Phi) is 4.03. The average Bonchev–Trinajstić information content (AvgIpc) is 3.02. The molecule has 1 aromatic carbocycles. The quantitative estimate of drug-likeness (QED) is 0.933. The Morgan fingerprint density at radius 3 is 2.65 bits per heavy atom. The molecule has 1 aliphatic heterocycles. The van der Waals surface area contributed by atoms with Crippen molar-refractivity contribution in [2.24, 2.45) is 0 Å². The van der Waals surface area contributed by atoms with E-state index in [2.05, 4.69) is 0 Å². The number of nitrogens with zero attached hydrogens (tertiary/aromatic N) is 1. The molecular formula is C16H18FNO4S. The zero-order chi connectivity index (χ0) is 16.8. The molecule has 1 saturated heterocycles. The second-order valence-corrected chi connectivity index (χ2v) is 7.67. The van der Waals surface area contributed by atoms with E-state index < -0.39 is 28.0 Å². The van der Waals surface area contributed by atoms with Crippen LogP contribution in [-0.4, -0.2) is 30.5 Å². The lowest BCUT2D eigenvalue weighted by molar-refractivity contribution is 0.188. The summed E-state index contributed by atoms with van der Waals surface area (Å²) in [5, 5.41) is 9.96. The molecule has 0 saturated carbocycles. The summed E-state index contributed by atoms with van der Waals surface area (Å²) in [6, 6.07) is 6.68. The number of halogens is 1. The number of aliphatic hydroxyl groups excluding tert-OH is 1. The zero-order valence-electron chi connectivity index (χ0n) is 12.9. The van der Waals surface area contributed by atoms with E-state index in [1.54, 1.807) is 19.9 Å². The van der Waals surface area contributed by atoms with Crippen LogP contribution >= 0.6 is 0 Å². The lowest BCUT2D eigenvalue weighted by atomic mass is 10.0. The van der Waals surface area contributed by atoms with Crippen LogP contribution in [0.1, 0.15) is 29.5 Å². The second kappa shape index (κ2) is 5.74. The fourth-order valence-electron chi connectivity index (χ4n) is 3.06. The summed E-state index contributed by atoms with van der Waals surface area (Å²) in [4.78, 5) is 0.0884. The predicted molar refractivity (Wildman–Crippen MR) is 81.8 cm³/mol. The van der Waals surface area contributed by atoms with Gasteiger partial charge in [0.15, 0.2) is 0 Å². The van der Waals surface area contributed by atoms with E-state index >= 15 is 0 Å². The van der Waals surface area contributed by atoms with E-state index in [-0.39, 0.29) is 17.9 Å². The summed E-state index contributed by atoms with van der Waals surface area (Å²) >= 11 is 0. The first-order valence-corrected chi connectivity index (χ1v) is 8.75. The molecule has 1 aliphatic rings.